The lowest BCUT2D eigenvalue weighted by molar-refractivity contribution is 0.269. The topological polar surface area (TPSA) is 22.4 Å². The van der Waals surface area contributed by atoms with E-state index in [2.05, 4.69) is 6.58 Å². The van der Waals surface area contributed by atoms with Gasteiger partial charge in [-0.1, -0.05) is 24.8 Å². The van der Waals surface area contributed by atoms with Crippen molar-refractivity contribution in [3.63, 3.8) is 0 Å². The van der Waals surface area contributed by atoms with Crippen molar-refractivity contribution >= 4 is 6.08 Å². The molecule has 0 saturated carbocycles. The molecule has 0 saturated heterocycles. The van der Waals surface area contributed by atoms with E-state index in [1.807, 2.05) is 42.5 Å². The maximum absolute atomic E-state index is 5.52. The van der Waals surface area contributed by atoms with Gasteiger partial charge in [-0.15, -0.1) is 0 Å². The molecular weight excluding hydrogens is 188 g/mol. The minimum atomic E-state index is 0.442. The van der Waals surface area contributed by atoms with Crippen LogP contribution in [0.3, 0.4) is 0 Å². The lowest BCUT2D eigenvalue weighted by Gasteiger charge is -2.02. The van der Waals surface area contributed by atoms with Gasteiger partial charge >= 0.3 is 0 Å². The van der Waals surface area contributed by atoms with Crippen LogP contribution in [0.25, 0.3) is 6.08 Å². The van der Waals surface area contributed by atoms with Gasteiger partial charge in [-0.25, -0.2) is 0 Å². The predicted molar refractivity (Wildman–Crippen MR) is 59.6 cm³/mol. The molecule has 0 radical (unpaired) electrons. The normalized spacial score (nSPS) is 9.87. The Kier molecular flexibility index (Phi) is 2.88. The molecule has 0 fully saturated rings. The monoisotopic (exact) mass is 200 g/mol. The smallest absolute Gasteiger partial charge is 0.146 e. The zero-order valence-electron chi connectivity index (χ0n) is 8.35. The van der Waals surface area contributed by atoms with Crippen molar-refractivity contribution in [1.82, 2.24) is 0 Å². The fourth-order valence-electron chi connectivity index (χ4n) is 1.25. The fourth-order valence-corrected chi connectivity index (χ4v) is 1.25. The zero-order chi connectivity index (χ0) is 10.5. The van der Waals surface area contributed by atoms with Gasteiger partial charge in [-0.05, 0) is 30.3 Å². The molecule has 1 heterocycles. The average molecular weight is 200 g/mol. The number of hydrogen-bond donors (Lipinski definition) is 0. The highest BCUT2D eigenvalue weighted by atomic mass is 16.5. The van der Waals surface area contributed by atoms with E-state index in [-0.39, 0.29) is 0 Å². The molecule has 76 valence electrons. The molecule has 0 aliphatic heterocycles. The van der Waals surface area contributed by atoms with Crippen molar-refractivity contribution in [2.24, 2.45) is 0 Å². The number of furan rings is 1. The summed E-state index contributed by atoms with van der Waals surface area (Å²) in [6.45, 7) is 4.07. The summed E-state index contributed by atoms with van der Waals surface area (Å²) in [5.74, 6) is 2.41. The molecule has 0 unspecified atom stereocenters. The maximum atomic E-state index is 5.52. The standard InChI is InChI=1S/C13H12O2/c1-2-11-8-9-13(15-11)10-14-12-6-4-3-5-7-12/h2-9H,1,10H2. The molecular formula is C13H12O2. The van der Waals surface area contributed by atoms with Crippen molar-refractivity contribution in [2.75, 3.05) is 0 Å². The van der Waals surface area contributed by atoms with Gasteiger partial charge in [0.2, 0.25) is 0 Å². The fraction of sp³-hybridized carbons (Fsp3) is 0.0769. The van der Waals surface area contributed by atoms with Crippen LogP contribution in [0.4, 0.5) is 0 Å². The summed E-state index contributed by atoms with van der Waals surface area (Å²) in [5.41, 5.74) is 0. The van der Waals surface area contributed by atoms with E-state index in [9.17, 15) is 0 Å². The number of para-hydroxylation sites is 1. The number of ether oxygens (including phenoxy) is 1. The molecule has 0 aliphatic rings. The van der Waals surface area contributed by atoms with Crippen molar-refractivity contribution in [2.45, 2.75) is 6.61 Å². The Bertz CT molecular complexity index is 429. The van der Waals surface area contributed by atoms with E-state index in [4.69, 9.17) is 9.15 Å². The highest BCUT2D eigenvalue weighted by Crippen LogP contribution is 2.14. The largest absolute Gasteiger partial charge is 0.486 e. The highest BCUT2D eigenvalue weighted by molar-refractivity contribution is 5.39. The lowest BCUT2D eigenvalue weighted by atomic mass is 10.3. The molecule has 2 rings (SSSR count). The van der Waals surface area contributed by atoms with E-state index in [1.165, 1.54) is 0 Å². The summed E-state index contributed by atoms with van der Waals surface area (Å²) in [6, 6.07) is 13.4. The van der Waals surface area contributed by atoms with E-state index in [0.717, 1.165) is 17.3 Å². The van der Waals surface area contributed by atoms with Crippen LogP contribution in [-0.4, -0.2) is 0 Å². The molecule has 1 aromatic carbocycles. The van der Waals surface area contributed by atoms with Crippen molar-refractivity contribution in [3.05, 3.63) is 60.6 Å². The number of hydrogen-bond acceptors (Lipinski definition) is 2. The highest BCUT2D eigenvalue weighted by Gasteiger charge is 1.99. The third-order valence-corrected chi connectivity index (χ3v) is 2.01. The second-order valence-electron chi connectivity index (χ2n) is 3.11. The second-order valence-corrected chi connectivity index (χ2v) is 3.11. The molecule has 0 amide bonds. The van der Waals surface area contributed by atoms with Gasteiger partial charge in [0.05, 0.1) is 0 Å². The third-order valence-electron chi connectivity index (χ3n) is 2.01. The van der Waals surface area contributed by atoms with Gasteiger partial charge in [0.15, 0.2) is 0 Å². The van der Waals surface area contributed by atoms with Gasteiger partial charge in [-0.2, -0.15) is 0 Å². The minimum Gasteiger partial charge on any atom is -0.486 e. The number of rotatable bonds is 4. The van der Waals surface area contributed by atoms with Crippen LogP contribution >= 0.6 is 0 Å². The van der Waals surface area contributed by atoms with Gasteiger partial charge in [0.25, 0.3) is 0 Å². The molecule has 2 nitrogen and oxygen atoms in total. The maximum Gasteiger partial charge on any atom is 0.146 e. The average Bonchev–Trinajstić information content (AvgIpc) is 2.76. The molecule has 0 N–H and O–H groups in total. The second kappa shape index (κ2) is 4.51. The molecule has 0 atom stereocenters. The van der Waals surface area contributed by atoms with Gasteiger partial charge < -0.3 is 9.15 Å². The van der Waals surface area contributed by atoms with Crippen LogP contribution in [0, 0.1) is 0 Å². The molecule has 2 heteroatoms. The predicted octanol–water partition coefficient (Wildman–Crippen LogP) is 3.50. The van der Waals surface area contributed by atoms with Crippen LogP contribution in [-0.2, 0) is 6.61 Å². The van der Waals surface area contributed by atoms with Crippen LogP contribution in [0.5, 0.6) is 5.75 Å². The first-order valence-electron chi connectivity index (χ1n) is 4.77. The Morgan fingerprint density at radius 3 is 2.60 bits per heavy atom. The molecule has 0 bridgehead atoms. The van der Waals surface area contributed by atoms with Crippen molar-refractivity contribution < 1.29 is 9.15 Å². The Labute approximate surface area is 88.8 Å². The Balaban J connectivity index is 1.96. The molecule has 2 aromatic rings. The third kappa shape index (κ3) is 2.50. The Morgan fingerprint density at radius 2 is 1.93 bits per heavy atom. The zero-order valence-corrected chi connectivity index (χ0v) is 8.35. The van der Waals surface area contributed by atoms with Gasteiger partial charge in [0, 0.05) is 0 Å². The summed E-state index contributed by atoms with van der Waals surface area (Å²) >= 11 is 0. The SMILES string of the molecule is C=Cc1ccc(COc2ccccc2)o1. The van der Waals surface area contributed by atoms with Crippen molar-refractivity contribution in [3.8, 4) is 5.75 Å². The van der Waals surface area contributed by atoms with Crippen LogP contribution < -0.4 is 4.74 Å². The quantitative estimate of drug-likeness (QED) is 0.753. The molecule has 1 aromatic heterocycles. The van der Waals surface area contributed by atoms with E-state index < -0.39 is 0 Å². The van der Waals surface area contributed by atoms with E-state index in [0.29, 0.717) is 6.61 Å². The van der Waals surface area contributed by atoms with E-state index >= 15 is 0 Å². The summed E-state index contributed by atoms with van der Waals surface area (Å²) < 4.78 is 10.9. The van der Waals surface area contributed by atoms with Crippen LogP contribution in [0.2, 0.25) is 0 Å². The first kappa shape index (κ1) is 9.59. The van der Waals surface area contributed by atoms with Gasteiger partial charge in [0.1, 0.15) is 23.9 Å². The molecule has 0 aliphatic carbocycles. The number of benzene rings is 1. The minimum absolute atomic E-state index is 0.442. The first-order chi connectivity index (χ1) is 7.38. The van der Waals surface area contributed by atoms with Crippen LogP contribution in [0.15, 0.2) is 53.5 Å². The Hall–Kier alpha value is -1.96. The van der Waals surface area contributed by atoms with Crippen molar-refractivity contribution in [1.29, 1.82) is 0 Å². The summed E-state index contributed by atoms with van der Waals surface area (Å²) in [4.78, 5) is 0. The Morgan fingerprint density at radius 1 is 1.13 bits per heavy atom. The summed E-state index contributed by atoms with van der Waals surface area (Å²) in [7, 11) is 0. The lowest BCUT2D eigenvalue weighted by Crippen LogP contribution is -1.92. The first-order valence-corrected chi connectivity index (χ1v) is 4.77. The van der Waals surface area contributed by atoms with Crippen LogP contribution in [0.1, 0.15) is 11.5 Å². The van der Waals surface area contributed by atoms with E-state index in [1.54, 1.807) is 6.08 Å². The summed E-state index contributed by atoms with van der Waals surface area (Å²) in [5, 5.41) is 0. The van der Waals surface area contributed by atoms with Gasteiger partial charge in [-0.3, -0.25) is 0 Å². The summed E-state index contributed by atoms with van der Waals surface area (Å²) in [6.07, 6.45) is 1.67. The molecule has 0 spiro atoms. The molecule has 15 heavy (non-hydrogen) atoms.